The fourth-order valence-electron chi connectivity index (χ4n) is 2.36. The molecule has 0 aliphatic carbocycles. The SMILES string of the molecule is Cc1cc(S(=O)(=O)N2CCN(C(=O)OC(C)(C)C)CC2)ccc1Br. The molecular weight excluding hydrogens is 396 g/mol. The van der Waals surface area contributed by atoms with Gasteiger partial charge in [-0.25, -0.2) is 13.2 Å². The van der Waals surface area contributed by atoms with Crippen molar-refractivity contribution in [1.29, 1.82) is 0 Å². The molecule has 1 amide bonds. The average molecular weight is 419 g/mol. The van der Waals surface area contributed by atoms with Crippen LogP contribution in [0.2, 0.25) is 0 Å². The van der Waals surface area contributed by atoms with E-state index in [0.717, 1.165) is 10.0 Å². The van der Waals surface area contributed by atoms with Gasteiger partial charge in [-0.3, -0.25) is 0 Å². The highest BCUT2D eigenvalue weighted by Gasteiger charge is 2.32. The number of ether oxygens (including phenoxy) is 1. The summed E-state index contributed by atoms with van der Waals surface area (Å²) < 4.78 is 33.1. The molecule has 0 atom stereocenters. The van der Waals surface area contributed by atoms with Crippen molar-refractivity contribution in [3.05, 3.63) is 28.2 Å². The lowest BCUT2D eigenvalue weighted by molar-refractivity contribution is 0.0192. The summed E-state index contributed by atoms with van der Waals surface area (Å²) in [6.07, 6.45) is -0.404. The Bertz CT molecular complexity index is 720. The molecule has 0 unspecified atom stereocenters. The number of nitrogens with zero attached hydrogens (tertiary/aromatic N) is 2. The smallest absolute Gasteiger partial charge is 0.410 e. The first kappa shape index (κ1) is 19.2. The van der Waals surface area contributed by atoms with Gasteiger partial charge < -0.3 is 9.64 Å². The fraction of sp³-hybridized carbons (Fsp3) is 0.562. The summed E-state index contributed by atoms with van der Waals surface area (Å²) >= 11 is 3.37. The number of amides is 1. The van der Waals surface area contributed by atoms with Gasteiger partial charge in [-0.2, -0.15) is 4.31 Å². The van der Waals surface area contributed by atoms with Crippen molar-refractivity contribution in [3.8, 4) is 0 Å². The van der Waals surface area contributed by atoms with Crippen LogP contribution in [0.4, 0.5) is 4.79 Å². The normalized spacial score (nSPS) is 17.0. The first-order valence-corrected chi connectivity index (χ1v) is 9.98. The largest absolute Gasteiger partial charge is 0.444 e. The van der Waals surface area contributed by atoms with Crippen LogP contribution >= 0.6 is 15.9 Å². The molecule has 134 valence electrons. The molecule has 0 aromatic heterocycles. The van der Waals surface area contributed by atoms with Crippen molar-refractivity contribution in [1.82, 2.24) is 9.21 Å². The summed E-state index contributed by atoms with van der Waals surface area (Å²) in [7, 11) is -3.55. The van der Waals surface area contributed by atoms with E-state index in [-0.39, 0.29) is 18.0 Å². The molecule has 0 spiro atoms. The zero-order valence-corrected chi connectivity index (χ0v) is 16.8. The Morgan fingerprint density at radius 2 is 1.75 bits per heavy atom. The molecule has 0 radical (unpaired) electrons. The summed E-state index contributed by atoms with van der Waals surface area (Å²) in [6.45, 7) is 8.44. The van der Waals surface area contributed by atoms with Gasteiger partial charge in [0.1, 0.15) is 5.60 Å². The molecule has 0 saturated carbocycles. The Labute approximate surface area is 151 Å². The van der Waals surface area contributed by atoms with Gasteiger partial charge in [-0.15, -0.1) is 0 Å². The lowest BCUT2D eigenvalue weighted by atomic mass is 10.2. The maximum Gasteiger partial charge on any atom is 0.410 e. The van der Waals surface area contributed by atoms with E-state index in [0.29, 0.717) is 13.1 Å². The topological polar surface area (TPSA) is 66.9 Å². The first-order chi connectivity index (χ1) is 11.0. The quantitative estimate of drug-likeness (QED) is 0.739. The summed E-state index contributed by atoms with van der Waals surface area (Å²) in [5.74, 6) is 0. The van der Waals surface area contributed by atoms with Crippen LogP contribution in [0.15, 0.2) is 27.6 Å². The van der Waals surface area contributed by atoms with E-state index in [1.165, 1.54) is 4.31 Å². The number of hydrogen-bond acceptors (Lipinski definition) is 4. The monoisotopic (exact) mass is 418 g/mol. The van der Waals surface area contributed by atoms with Crippen LogP contribution in [0.3, 0.4) is 0 Å². The molecule has 1 aromatic carbocycles. The second-order valence-corrected chi connectivity index (χ2v) is 9.57. The second-order valence-electron chi connectivity index (χ2n) is 6.78. The van der Waals surface area contributed by atoms with Crippen LogP contribution in [0.5, 0.6) is 0 Å². The average Bonchev–Trinajstić information content (AvgIpc) is 2.48. The highest BCUT2D eigenvalue weighted by molar-refractivity contribution is 9.10. The zero-order chi connectivity index (χ0) is 18.1. The van der Waals surface area contributed by atoms with Gasteiger partial charge in [0.15, 0.2) is 0 Å². The number of piperazine rings is 1. The number of halogens is 1. The molecule has 8 heteroatoms. The number of carbonyl (C=O) groups is 1. The van der Waals surface area contributed by atoms with Gasteiger partial charge >= 0.3 is 6.09 Å². The third-order valence-corrected chi connectivity index (χ3v) is 6.44. The highest BCUT2D eigenvalue weighted by Crippen LogP contribution is 2.23. The fourth-order valence-corrected chi connectivity index (χ4v) is 4.12. The van der Waals surface area contributed by atoms with E-state index in [4.69, 9.17) is 4.74 Å². The van der Waals surface area contributed by atoms with Gasteiger partial charge in [0, 0.05) is 30.7 Å². The third kappa shape index (κ3) is 4.49. The number of hydrogen-bond donors (Lipinski definition) is 0. The van der Waals surface area contributed by atoms with Crippen LogP contribution in [-0.4, -0.2) is 55.5 Å². The predicted molar refractivity (Wildman–Crippen MR) is 95.4 cm³/mol. The minimum atomic E-state index is -3.55. The number of aryl methyl sites for hydroxylation is 1. The van der Waals surface area contributed by atoms with Gasteiger partial charge in [-0.1, -0.05) is 15.9 Å². The van der Waals surface area contributed by atoms with Crippen LogP contribution in [-0.2, 0) is 14.8 Å². The molecule has 1 heterocycles. The molecule has 1 aliphatic rings. The molecule has 2 rings (SSSR count). The Morgan fingerprint density at radius 1 is 1.17 bits per heavy atom. The van der Waals surface area contributed by atoms with Crippen molar-refractivity contribution in [2.75, 3.05) is 26.2 Å². The highest BCUT2D eigenvalue weighted by atomic mass is 79.9. The molecule has 1 saturated heterocycles. The Hall–Kier alpha value is -1.12. The summed E-state index contributed by atoms with van der Waals surface area (Å²) in [5.41, 5.74) is 0.304. The number of carbonyl (C=O) groups excluding carboxylic acids is 1. The maximum atomic E-state index is 12.7. The van der Waals surface area contributed by atoms with E-state index in [1.807, 2.05) is 27.7 Å². The molecule has 1 fully saturated rings. The van der Waals surface area contributed by atoms with Crippen LogP contribution in [0.1, 0.15) is 26.3 Å². The van der Waals surface area contributed by atoms with Crippen molar-refractivity contribution in [3.63, 3.8) is 0 Å². The minimum Gasteiger partial charge on any atom is -0.444 e. The molecule has 24 heavy (non-hydrogen) atoms. The number of benzene rings is 1. The molecule has 0 bridgehead atoms. The summed E-state index contributed by atoms with van der Waals surface area (Å²) in [6, 6.07) is 4.98. The molecule has 6 nitrogen and oxygen atoms in total. The third-order valence-electron chi connectivity index (χ3n) is 3.66. The van der Waals surface area contributed by atoms with E-state index >= 15 is 0 Å². The van der Waals surface area contributed by atoms with E-state index in [2.05, 4.69) is 15.9 Å². The van der Waals surface area contributed by atoms with Crippen molar-refractivity contribution in [2.45, 2.75) is 38.2 Å². The second kappa shape index (κ2) is 7.01. The molecule has 1 aliphatic heterocycles. The van der Waals surface area contributed by atoms with Gasteiger partial charge in [0.25, 0.3) is 0 Å². The van der Waals surface area contributed by atoms with E-state index in [9.17, 15) is 13.2 Å². The lowest BCUT2D eigenvalue weighted by Crippen LogP contribution is -2.51. The minimum absolute atomic E-state index is 0.261. The first-order valence-electron chi connectivity index (χ1n) is 7.75. The van der Waals surface area contributed by atoms with Crippen molar-refractivity contribution < 1.29 is 17.9 Å². The zero-order valence-electron chi connectivity index (χ0n) is 14.4. The maximum absolute atomic E-state index is 12.7. The van der Waals surface area contributed by atoms with E-state index in [1.54, 1.807) is 23.1 Å². The van der Waals surface area contributed by atoms with Crippen molar-refractivity contribution >= 4 is 32.0 Å². The predicted octanol–water partition coefficient (Wildman–Crippen LogP) is 3.00. The Kier molecular flexibility index (Phi) is 5.61. The summed E-state index contributed by atoms with van der Waals surface area (Å²) in [4.78, 5) is 13.9. The Balaban J connectivity index is 2.05. The van der Waals surface area contributed by atoms with Gasteiger partial charge in [-0.05, 0) is 51.5 Å². The van der Waals surface area contributed by atoms with Gasteiger partial charge in [0.2, 0.25) is 10.0 Å². The van der Waals surface area contributed by atoms with Crippen molar-refractivity contribution in [2.24, 2.45) is 0 Å². The number of rotatable bonds is 2. The van der Waals surface area contributed by atoms with E-state index < -0.39 is 21.7 Å². The summed E-state index contributed by atoms with van der Waals surface area (Å²) in [5, 5.41) is 0. The Morgan fingerprint density at radius 3 is 2.25 bits per heavy atom. The van der Waals surface area contributed by atoms with Gasteiger partial charge in [0.05, 0.1) is 4.90 Å². The molecular formula is C16H23BrN2O4S. The van der Waals surface area contributed by atoms with Crippen LogP contribution < -0.4 is 0 Å². The molecule has 1 aromatic rings. The van der Waals surface area contributed by atoms with Crippen LogP contribution in [0.25, 0.3) is 0 Å². The molecule has 0 N–H and O–H groups in total. The standard InChI is InChI=1S/C16H23BrN2O4S/c1-12-11-13(5-6-14(12)17)24(21,22)19-9-7-18(8-10-19)15(20)23-16(2,3)4/h5-6,11H,7-10H2,1-4H3. The van der Waals surface area contributed by atoms with Crippen LogP contribution in [0, 0.1) is 6.92 Å². The lowest BCUT2D eigenvalue weighted by Gasteiger charge is -2.35. The number of sulfonamides is 1.